The second-order valence-electron chi connectivity index (χ2n) is 3.12. The molecule has 0 spiro atoms. The van der Waals surface area contributed by atoms with Crippen molar-refractivity contribution in [3.8, 4) is 0 Å². The molecule has 0 bridgehead atoms. The highest BCUT2D eigenvalue weighted by Crippen LogP contribution is 2.22. The average Bonchev–Trinajstić information content (AvgIpc) is 2.34. The van der Waals surface area contributed by atoms with Crippen molar-refractivity contribution in [1.29, 1.82) is 0 Å². The summed E-state index contributed by atoms with van der Waals surface area (Å²) in [5.41, 5.74) is 1.34. The SMILES string of the molecule is C.C.C=C1CCCN1C(C)CC. The fourth-order valence-corrected chi connectivity index (χ4v) is 1.51. The van der Waals surface area contributed by atoms with Crippen LogP contribution in [0.2, 0.25) is 0 Å². The fourth-order valence-electron chi connectivity index (χ4n) is 1.51. The van der Waals surface area contributed by atoms with E-state index in [1.165, 1.54) is 31.5 Å². The molecule has 1 aliphatic heterocycles. The molecule has 0 N–H and O–H groups in total. The van der Waals surface area contributed by atoms with Crippen LogP contribution in [0.15, 0.2) is 12.3 Å². The van der Waals surface area contributed by atoms with Crippen LogP contribution in [0.5, 0.6) is 0 Å². The van der Waals surface area contributed by atoms with Crippen molar-refractivity contribution >= 4 is 0 Å². The first-order valence-electron chi connectivity index (χ1n) is 4.20. The summed E-state index contributed by atoms with van der Waals surface area (Å²) >= 11 is 0. The minimum Gasteiger partial charge on any atom is -0.373 e. The van der Waals surface area contributed by atoms with E-state index in [0.29, 0.717) is 6.04 Å². The monoisotopic (exact) mass is 171 g/mol. The molecule has 0 radical (unpaired) electrons. The minimum atomic E-state index is 0. The molecule has 1 aliphatic rings. The third-order valence-electron chi connectivity index (χ3n) is 2.39. The van der Waals surface area contributed by atoms with Gasteiger partial charge in [-0.25, -0.2) is 0 Å². The van der Waals surface area contributed by atoms with Gasteiger partial charge >= 0.3 is 0 Å². The molecule has 1 rings (SSSR count). The molecule has 0 aromatic heterocycles. The maximum atomic E-state index is 4.03. The van der Waals surface area contributed by atoms with Crippen LogP contribution in [-0.4, -0.2) is 17.5 Å². The molecule has 0 saturated carbocycles. The van der Waals surface area contributed by atoms with Gasteiger partial charge in [0.1, 0.15) is 0 Å². The lowest BCUT2D eigenvalue weighted by Crippen LogP contribution is -2.27. The third-order valence-corrected chi connectivity index (χ3v) is 2.39. The maximum absolute atomic E-state index is 4.03. The van der Waals surface area contributed by atoms with E-state index in [4.69, 9.17) is 0 Å². The van der Waals surface area contributed by atoms with Crippen molar-refractivity contribution in [2.45, 2.75) is 54.0 Å². The van der Waals surface area contributed by atoms with Gasteiger partial charge in [-0.15, -0.1) is 0 Å². The van der Waals surface area contributed by atoms with Gasteiger partial charge < -0.3 is 4.90 Å². The summed E-state index contributed by atoms with van der Waals surface area (Å²) in [4.78, 5) is 2.43. The Labute approximate surface area is 78.5 Å². The Hall–Kier alpha value is -0.460. The Morgan fingerprint density at radius 2 is 2.08 bits per heavy atom. The summed E-state index contributed by atoms with van der Waals surface area (Å²) < 4.78 is 0. The first-order valence-corrected chi connectivity index (χ1v) is 4.20. The predicted octanol–water partition coefficient (Wildman–Crippen LogP) is 3.67. The van der Waals surface area contributed by atoms with Crippen LogP contribution in [0.25, 0.3) is 0 Å². The molecule has 1 nitrogen and oxygen atoms in total. The summed E-state index contributed by atoms with van der Waals surface area (Å²) in [5, 5.41) is 0. The van der Waals surface area contributed by atoms with E-state index in [-0.39, 0.29) is 14.9 Å². The van der Waals surface area contributed by atoms with E-state index < -0.39 is 0 Å². The smallest absolute Gasteiger partial charge is 0.0255 e. The van der Waals surface area contributed by atoms with Gasteiger partial charge in [0.05, 0.1) is 0 Å². The molecule has 0 amide bonds. The Morgan fingerprint density at radius 3 is 2.42 bits per heavy atom. The van der Waals surface area contributed by atoms with Crippen molar-refractivity contribution in [2.75, 3.05) is 6.54 Å². The number of likely N-dealkylation sites (tertiary alicyclic amines) is 1. The van der Waals surface area contributed by atoms with Gasteiger partial charge in [0.15, 0.2) is 0 Å². The lowest BCUT2D eigenvalue weighted by Gasteiger charge is -2.25. The van der Waals surface area contributed by atoms with Crippen LogP contribution < -0.4 is 0 Å². The Morgan fingerprint density at radius 1 is 1.50 bits per heavy atom. The zero-order valence-electron chi connectivity index (χ0n) is 7.06. The molecule has 1 heterocycles. The first kappa shape index (κ1) is 14.1. The number of hydrogen-bond acceptors (Lipinski definition) is 1. The van der Waals surface area contributed by atoms with Gasteiger partial charge in [0.2, 0.25) is 0 Å². The molecule has 12 heavy (non-hydrogen) atoms. The van der Waals surface area contributed by atoms with Gasteiger partial charge in [-0.3, -0.25) is 0 Å². The molecule has 0 aliphatic carbocycles. The lowest BCUT2D eigenvalue weighted by molar-refractivity contribution is 0.298. The topological polar surface area (TPSA) is 3.24 Å². The van der Waals surface area contributed by atoms with Crippen LogP contribution in [0, 0.1) is 0 Å². The van der Waals surface area contributed by atoms with Crippen LogP contribution in [0.1, 0.15) is 48.0 Å². The third kappa shape index (κ3) is 2.88. The van der Waals surface area contributed by atoms with Crippen molar-refractivity contribution in [1.82, 2.24) is 4.90 Å². The first-order chi connectivity index (χ1) is 4.75. The molecule has 0 aromatic carbocycles. The molecule has 1 saturated heterocycles. The van der Waals surface area contributed by atoms with E-state index in [0.717, 1.165) is 0 Å². The molecular weight excluding hydrogens is 146 g/mol. The number of rotatable bonds is 2. The Balaban J connectivity index is 0. The van der Waals surface area contributed by atoms with Crippen molar-refractivity contribution in [3.05, 3.63) is 12.3 Å². The highest BCUT2D eigenvalue weighted by atomic mass is 15.2. The molecular formula is C11H25N. The van der Waals surface area contributed by atoms with Crippen molar-refractivity contribution in [2.24, 2.45) is 0 Å². The van der Waals surface area contributed by atoms with Gasteiger partial charge in [-0.05, 0) is 26.2 Å². The van der Waals surface area contributed by atoms with Crippen molar-refractivity contribution in [3.63, 3.8) is 0 Å². The quantitative estimate of drug-likeness (QED) is 0.613. The molecule has 1 heteroatoms. The maximum Gasteiger partial charge on any atom is 0.0255 e. The zero-order valence-corrected chi connectivity index (χ0v) is 7.06. The summed E-state index contributed by atoms with van der Waals surface area (Å²) in [6.45, 7) is 9.77. The highest BCUT2D eigenvalue weighted by molar-refractivity contribution is 5.00. The number of allylic oxidation sites excluding steroid dienone is 1. The van der Waals surface area contributed by atoms with Crippen LogP contribution in [0.3, 0.4) is 0 Å². The minimum absolute atomic E-state index is 0. The second kappa shape index (κ2) is 6.10. The lowest BCUT2D eigenvalue weighted by atomic mass is 10.2. The predicted molar refractivity (Wildman–Crippen MR) is 58.3 cm³/mol. The highest BCUT2D eigenvalue weighted by Gasteiger charge is 2.18. The summed E-state index contributed by atoms with van der Waals surface area (Å²) in [6.07, 6.45) is 3.76. The van der Waals surface area contributed by atoms with E-state index in [9.17, 15) is 0 Å². The van der Waals surface area contributed by atoms with E-state index in [2.05, 4.69) is 25.3 Å². The largest absolute Gasteiger partial charge is 0.373 e. The molecule has 1 fully saturated rings. The van der Waals surface area contributed by atoms with Gasteiger partial charge in [-0.2, -0.15) is 0 Å². The Kier molecular flexibility index (Phi) is 7.16. The second-order valence-corrected chi connectivity index (χ2v) is 3.12. The van der Waals surface area contributed by atoms with Gasteiger partial charge in [0, 0.05) is 18.3 Å². The van der Waals surface area contributed by atoms with E-state index in [1.54, 1.807) is 0 Å². The molecule has 1 unspecified atom stereocenters. The van der Waals surface area contributed by atoms with Crippen LogP contribution >= 0.6 is 0 Å². The number of nitrogens with zero attached hydrogens (tertiary/aromatic N) is 1. The van der Waals surface area contributed by atoms with Crippen molar-refractivity contribution < 1.29 is 0 Å². The van der Waals surface area contributed by atoms with E-state index >= 15 is 0 Å². The summed E-state index contributed by atoms with van der Waals surface area (Å²) in [5.74, 6) is 0. The summed E-state index contributed by atoms with van der Waals surface area (Å²) in [6, 6.07) is 0.704. The fraction of sp³-hybridized carbons (Fsp3) is 0.818. The molecule has 1 atom stereocenters. The normalized spacial score (nSPS) is 18.2. The van der Waals surface area contributed by atoms with E-state index in [1.807, 2.05) is 0 Å². The standard InChI is InChI=1S/C9H17N.2CH4/c1-4-8(2)10-7-5-6-9(10)3;;/h8H,3-7H2,1-2H3;2*1H4. The van der Waals surface area contributed by atoms with Crippen LogP contribution in [-0.2, 0) is 0 Å². The van der Waals surface area contributed by atoms with Crippen LogP contribution in [0.4, 0.5) is 0 Å². The zero-order chi connectivity index (χ0) is 7.56. The summed E-state index contributed by atoms with van der Waals surface area (Å²) in [7, 11) is 0. The molecule has 74 valence electrons. The Bertz CT molecular complexity index is 129. The van der Waals surface area contributed by atoms with Gasteiger partial charge in [0.25, 0.3) is 0 Å². The average molecular weight is 171 g/mol. The molecule has 0 aromatic rings. The number of hydrogen-bond donors (Lipinski definition) is 0. The van der Waals surface area contributed by atoms with Gasteiger partial charge in [-0.1, -0.05) is 28.4 Å².